The first-order valence-electron chi connectivity index (χ1n) is 6.71. The molecule has 20 heavy (non-hydrogen) atoms. The van der Waals surface area contributed by atoms with E-state index < -0.39 is 18.1 Å². The molecule has 1 N–H and O–H groups in total. The maximum Gasteiger partial charge on any atom is 0.326 e. The molecule has 0 bridgehead atoms. The molecule has 5 nitrogen and oxygen atoms in total. The van der Waals surface area contributed by atoms with Gasteiger partial charge in [-0.15, -0.1) is 0 Å². The maximum absolute atomic E-state index is 12.2. The van der Waals surface area contributed by atoms with Crippen LogP contribution in [0.3, 0.4) is 0 Å². The first-order chi connectivity index (χ1) is 9.61. The van der Waals surface area contributed by atoms with Crippen molar-refractivity contribution in [1.82, 2.24) is 4.90 Å². The van der Waals surface area contributed by atoms with Crippen LogP contribution in [-0.2, 0) is 20.7 Å². The molecule has 0 saturated carbocycles. The number of aliphatic hydroxyl groups excluding tert-OH is 1. The average molecular weight is 275 g/mol. The molecule has 0 unspecified atom stereocenters. The van der Waals surface area contributed by atoms with Crippen LogP contribution in [0, 0.1) is 0 Å². The van der Waals surface area contributed by atoms with E-state index in [9.17, 15) is 14.7 Å². The Bertz CT molecular complexity index is 479. The number of hydrogen-bond donors (Lipinski definition) is 1. The van der Waals surface area contributed by atoms with Crippen LogP contribution in [0.4, 0.5) is 0 Å². The number of amides is 1. The van der Waals surface area contributed by atoms with Gasteiger partial charge >= 0.3 is 14.0 Å². The summed E-state index contributed by atoms with van der Waals surface area (Å²) in [4.78, 5) is 25.3. The highest BCUT2D eigenvalue weighted by molar-refractivity contribution is 6.06. The lowest BCUT2D eigenvalue weighted by atomic mass is 10.1. The van der Waals surface area contributed by atoms with E-state index in [2.05, 4.69) is 4.65 Å². The minimum atomic E-state index is -0.654. The number of likely N-dealkylation sites (tertiary alicyclic amines) is 1. The van der Waals surface area contributed by atoms with Gasteiger partial charge in [0.25, 0.3) is 0 Å². The second kappa shape index (κ2) is 6.57. The van der Waals surface area contributed by atoms with E-state index >= 15 is 0 Å². The van der Waals surface area contributed by atoms with Crippen LogP contribution in [0.2, 0.25) is 0 Å². The molecule has 1 amide bonds. The number of aryl methyl sites for hydroxylation is 1. The van der Waals surface area contributed by atoms with Crippen molar-refractivity contribution in [2.24, 2.45) is 0 Å². The number of aliphatic hydroxyl groups is 1. The molecule has 6 heteroatoms. The van der Waals surface area contributed by atoms with Gasteiger partial charge in [0.2, 0.25) is 5.91 Å². The SMILES string of the molecule is BOC(=O)[C@@H]1C[C@@H](O)CN1C(=O)CCc1ccccc1. The third kappa shape index (κ3) is 3.39. The molecule has 2 rings (SSSR count). The summed E-state index contributed by atoms with van der Waals surface area (Å²) in [5, 5.41) is 9.65. The van der Waals surface area contributed by atoms with Crippen LogP contribution in [0.1, 0.15) is 18.4 Å². The predicted octanol–water partition coefficient (Wildman–Crippen LogP) is -0.328. The van der Waals surface area contributed by atoms with E-state index in [0.717, 1.165) is 5.56 Å². The predicted molar refractivity (Wildman–Crippen MR) is 75.5 cm³/mol. The van der Waals surface area contributed by atoms with Crippen molar-refractivity contribution in [3.05, 3.63) is 35.9 Å². The molecule has 1 aromatic carbocycles. The highest BCUT2D eigenvalue weighted by Crippen LogP contribution is 2.20. The summed E-state index contributed by atoms with van der Waals surface area (Å²) in [6.45, 7) is 0.202. The third-order valence-corrected chi connectivity index (χ3v) is 3.54. The van der Waals surface area contributed by atoms with Gasteiger partial charge in [0.15, 0.2) is 0 Å². The highest BCUT2D eigenvalue weighted by Gasteiger charge is 2.38. The lowest BCUT2D eigenvalue weighted by Crippen LogP contribution is -2.41. The minimum absolute atomic E-state index is 0.124. The second-order valence-corrected chi connectivity index (χ2v) is 4.96. The molecule has 2 atom stereocenters. The highest BCUT2D eigenvalue weighted by atomic mass is 16.5. The largest absolute Gasteiger partial charge is 0.542 e. The fourth-order valence-corrected chi connectivity index (χ4v) is 2.49. The Morgan fingerprint density at radius 3 is 2.70 bits per heavy atom. The van der Waals surface area contributed by atoms with Crippen LogP contribution >= 0.6 is 0 Å². The Kier molecular flexibility index (Phi) is 4.79. The van der Waals surface area contributed by atoms with Gasteiger partial charge in [-0.25, -0.2) is 0 Å². The Balaban J connectivity index is 1.95. The van der Waals surface area contributed by atoms with E-state index in [0.29, 0.717) is 12.8 Å². The van der Waals surface area contributed by atoms with Crippen LogP contribution < -0.4 is 0 Å². The maximum atomic E-state index is 12.2. The first kappa shape index (κ1) is 14.6. The summed E-state index contributed by atoms with van der Waals surface area (Å²) in [6, 6.07) is 9.05. The number of nitrogens with zero attached hydrogens (tertiary/aromatic N) is 1. The Morgan fingerprint density at radius 2 is 2.05 bits per heavy atom. The van der Waals surface area contributed by atoms with E-state index in [-0.39, 0.29) is 18.9 Å². The third-order valence-electron chi connectivity index (χ3n) is 3.54. The summed E-state index contributed by atoms with van der Waals surface area (Å²) in [5.74, 6) is -0.588. The summed E-state index contributed by atoms with van der Waals surface area (Å²) < 4.78 is 4.68. The van der Waals surface area contributed by atoms with Gasteiger partial charge in [-0.2, -0.15) is 0 Å². The molecule has 1 aromatic rings. The Labute approximate surface area is 119 Å². The topological polar surface area (TPSA) is 66.8 Å². The van der Waals surface area contributed by atoms with Crippen LogP contribution in [0.15, 0.2) is 30.3 Å². The van der Waals surface area contributed by atoms with Gasteiger partial charge in [0.05, 0.1) is 6.10 Å². The van der Waals surface area contributed by atoms with Crippen LogP contribution in [0.25, 0.3) is 0 Å². The van der Waals surface area contributed by atoms with Crippen molar-refractivity contribution in [3.8, 4) is 0 Å². The van der Waals surface area contributed by atoms with Gasteiger partial charge in [-0.1, -0.05) is 30.3 Å². The number of benzene rings is 1. The molecule has 1 fully saturated rings. The van der Waals surface area contributed by atoms with Gasteiger partial charge in [0, 0.05) is 19.4 Å². The molecule has 0 spiro atoms. The summed E-state index contributed by atoms with van der Waals surface area (Å²) >= 11 is 0. The monoisotopic (exact) mass is 275 g/mol. The van der Waals surface area contributed by atoms with Crippen LogP contribution in [-0.4, -0.2) is 48.6 Å². The normalized spacial score (nSPS) is 21.8. The zero-order valence-corrected chi connectivity index (χ0v) is 11.5. The second-order valence-electron chi connectivity index (χ2n) is 4.96. The quantitative estimate of drug-likeness (QED) is 0.764. The van der Waals surface area contributed by atoms with Crippen molar-refractivity contribution < 1.29 is 19.3 Å². The molecule has 0 aromatic heterocycles. The molecule has 0 aliphatic carbocycles. The molecule has 106 valence electrons. The van der Waals surface area contributed by atoms with E-state index in [4.69, 9.17) is 0 Å². The Morgan fingerprint density at radius 1 is 1.35 bits per heavy atom. The molecular formula is C14H18BNO4. The summed E-state index contributed by atoms with van der Waals surface area (Å²) in [5.41, 5.74) is 1.08. The average Bonchev–Trinajstić information content (AvgIpc) is 2.87. The molecular weight excluding hydrogens is 257 g/mol. The van der Waals surface area contributed by atoms with Crippen molar-refractivity contribution in [3.63, 3.8) is 0 Å². The van der Waals surface area contributed by atoms with Crippen LogP contribution in [0.5, 0.6) is 0 Å². The van der Waals surface area contributed by atoms with Crippen molar-refractivity contribution >= 4 is 19.9 Å². The zero-order valence-electron chi connectivity index (χ0n) is 11.5. The zero-order chi connectivity index (χ0) is 14.5. The van der Waals surface area contributed by atoms with Gasteiger partial charge < -0.3 is 14.7 Å². The van der Waals surface area contributed by atoms with E-state index in [1.54, 1.807) is 0 Å². The van der Waals surface area contributed by atoms with Gasteiger partial charge in [-0.05, 0) is 12.0 Å². The standard InChI is InChI=1S/C14H18BNO4/c15-20-14(19)12-8-11(17)9-16(12)13(18)7-6-10-4-2-1-3-5-10/h1-5,11-12,17H,6-9,15H2/t11-,12+/m1/s1. The summed E-state index contributed by atoms with van der Waals surface area (Å²) in [6.07, 6.45) is 0.550. The number of β-amino-alcohol motifs (C(OH)–C–C–N with tert-alkyl or cyclic N) is 1. The lowest BCUT2D eigenvalue weighted by Gasteiger charge is -2.22. The van der Waals surface area contributed by atoms with Crippen molar-refractivity contribution in [2.75, 3.05) is 6.54 Å². The molecule has 1 aliphatic rings. The van der Waals surface area contributed by atoms with Gasteiger partial charge in [-0.3, -0.25) is 9.59 Å². The van der Waals surface area contributed by atoms with Gasteiger partial charge in [0.1, 0.15) is 6.04 Å². The fourth-order valence-electron chi connectivity index (χ4n) is 2.49. The number of carbonyl (C=O) groups is 2. The smallest absolute Gasteiger partial charge is 0.326 e. The number of hydrogen-bond acceptors (Lipinski definition) is 4. The lowest BCUT2D eigenvalue weighted by molar-refractivity contribution is -0.145. The molecule has 1 saturated heterocycles. The first-order valence-corrected chi connectivity index (χ1v) is 6.71. The fraction of sp³-hybridized carbons (Fsp3) is 0.429. The Hall–Kier alpha value is -1.82. The van der Waals surface area contributed by atoms with E-state index in [1.165, 1.54) is 12.9 Å². The van der Waals surface area contributed by atoms with E-state index in [1.807, 2.05) is 30.3 Å². The molecule has 0 radical (unpaired) electrons. The number of carbonyl (C=O) groups excluding carboxylic acids is 2. The van der Waals surface area contributed by atoms with Crippen molar-refractivity contribution in [2.45, 2.75) is 31.4 Å². The molecule has 1 heterocycles. The van der Waals surface area contributed by atoms with Crippen molar-refractivity contribution in [1.29, 1.82) is 0 Å². The number of rotatable bonds is 4. The summed E-state index contributed by atoms with van der Waals surface area (Å²) in [7, 11) is 1.29. The molecule has 1 aliphatic heterocycles. The minimum Gasteiger partial charge on any atom is -0.542 e.